The van der Waals surface area contributed by atoms with Gasteiger partial charge in [-0.25, -0.2) is 8.42 Å². The number of nitriles is 1. The number of aryl methyl sites for hydroxylation is 2. The first-order chi connectivity index (χ1) is 16.7. The van der Waals surface area contributed by atoms with Gasteiger partial charge in [-0.2, -0.15) is 10.2 Å². The minimum absolute atomic E-state index is 0.0572. The number of benzene rings is 2. The molecule has 176 valence electrons. The van der Waals surface area contributed by atoms with E-state index in [1.54, 1.807) is 61.5 Å². The first-order valence-corrected chi connectivity index (χ1v) is 12.0. The molecule has 0 bridgehead atoms. The molecule has 2 aromatic heterocycles. The minimum Gasteiger partial charge on any atom is -0.497 e. The second kappa shape index (κ2) is 9.44. The fourth-order valence-electron chi connectivity index (χ4n) is 3.39. The molecule has 0 N–H and O–H groups in total. The van der Waals surface area contributed by atoms with Crippen LogP contribution in [0.25, 0.3) is 11.7 Å². The van der Waals surface area contributed by atoms with Crippen molar-refractivity contribution >= 4 is 21.6 Å². The lowest BCUT2D eigenvalue weighted by molar-refractivity contribution is 0.412. The maximum absolute atomic E-state index is 13.4. The van der Waals surface area contributed by atoms with Gasteiger partial charge in [0.1, 0.15) is 33.7 Å². The maximum Gasteiger partial charge on any atom is 0.269 e. The second-order valence-electron chi connectivity index (χ2n) is 7.74. The number of nitrogens with zero attached hydrogens (tertiary/aromatic N) is 3. The van der Waals surface area contributed by atoms with Crippen molar-refractivity contribution in [3.05, 3.63) is 98.8 Å². The molecular weight excluding hydrogens is 466 g/mol. The lowest BCUT2D eigenvalue weighted by atomic mass is 10.2. The molecule has 0 atom stereocenters. The molecule has 0 saturated heterocycles. The van der Waals surface area contributed by atoms with Crippen molar-refractivity contribution in [1.29, 1.82) is 5.26 Å². The monoisotopic (exact) mass is 487 g/mol. The lowest BCUT2D eigenvalue weighted by Gasteiger charge is -2.12. The molecule has 0 amide bonds. The van der Waals surface area contributed by atoms with Gasteiger partial charge in [0.2, 0.25) is 15.7 Å². The Labute approximate surface area is 202 Å². The number of pyridine rings is 1. The third kappa shape index (κ3) is 4.65. The van der Waals surface area contributed by atoms with E-state index in [1.165, 1.54) is 29.8 Å². The van der Waals surface area contributed by atoms with E-state index in [2.05, 4.69) is 4.98 Å². The van der Waals surface area contributed by atoms with Gasteiger partial charge in [0.15, 0.2) is 0 Å². The normalized spacial score (nSPS) is 11.8. The Bertz CT molecular complexity index is 1650. The molecule has 2 aromatic carbocycles. The van der Waals surface area contributed by atoms with Gasteiger partial charge in [-0.05, 0) is 68.0 Å². The second-order valence-corrected chi connectivity index (χ2v) is 9.65. The van der Waals surface area contributed by atoms with E-state index in [0.717, 1.165) is 11.6 Å². The van der Waals surface area contributed by atoms with Crippen LogP contribution in [0.2, 0.25) is 0 Å². The highest BCUT2D eigenvalue weighted by molar-refractivity contribution is 7.95. The third-order valence-electron chi connectivity index (χ3n) is 5.33. The Morgan fingerprint density at radius 2 is 1.69 bits per heavy atom. The molecule has 0 unspecified atom stereocenters. The number of hydrogen-bond donors (Lipinski definition) is 0. The van der Waals surface area contributed by atoms with Crippen molar-refractivity contribution < 1.29 is 17.9 Å². The summed E-state index contributed by atoms with van der Waals surface area (Å²) in [5.41, 5.74) is 1.18. The van der Waals surface area contributed by atoms with Crippen molar-refractivity contribution in [2.24, 2.45) is 0 Å². The van der Waals surface area contributed by atoms with Crippen molar-refractivity contribution in [1.82, 2.24) is 9.38 Å². The minimum atomic E-state index is -4.19. The van der Waals surface area contributed by atoms with Gasteiger partial charge < -0.3 is 9.47 Å². The van der Waals surface area contributed by atoms with Crippen molar-refractivity contribution in [2.45, 2.75) is 18.7 Å². The molecule has 0 spiro atoms. The molecule has 0 aliphatic carbocycles. The summed E-state index contributed by atoms with van der Waals surface area (Å²) < 4.78 is 38.7. The van der Waals surface area contributed by atoms with Crippen molar-refractivity contribution in [3.63, 3.8) is 0 Å². The zero-order chi connectivity index (χ0) is 25.2. The van der Waals surface area contributed by atoms with Crippen LogP contribution in [0.3, 0.4) is 0 Å². The van der Waals surface area contributed by atoms with Crippen LogP contribution in [0.15, 0.2) is 81.5 Å². The predicted molar refractivity (Wildman–Crippen MR) is 131 cm³/mol. The number of fused-ring (bicyclic) bond motifs is 1. The number of aromatic nitrogens is 2. The topological polar surface area (TPSA) is 111 Å². The quantitative estimate of drug-likeness (QED) is 0.370. The SMILES string of the molecule is COc1ccc(Oc2nc3c(C)cccn3c(=O)c2C=C(C#N)S(=O)(=O)c2ccc(C)cc2)cc1. The van der Waals surface area contributed by atoms with Gasteiger partial charge in [0.25, 0.3) is 5.56 Å². The van der Waals surface area contributed by atoms with Gasteiger partial charge in [0.05, 0.1) is 12.0 Å². The number of ether oxygens (including phenoxy) is 2. The summed E-state index contributed by atoms with van der Waals surface area (Å²) in [5.74, 6) is 0.835. The molecule has 4 aromatic rings. The Morgan fingerprint density at radius 1 is 1.03 bits per heavy atom. The zero-order valence-corrected chi connectivity index (χ0v) is 20.0. The van der Waals surface area contributed by atoms with Crippen LogP contribution >= 0.6 is 0 Å². The van der Waals surface area contributed by atoms with E-state index in [9.17, 15) is 18.5 Å². The molecule has 0 fully saturated rings. The summed E-state index contributed by atoms with van der Waals surface area (Å²) in [4.78, 5) is 17.3. The van der Waals surface area contributed by atoms with E-state index in [4.69, 9.17) is 9.47 Å². The van der Waals surface area contributed by atoms with Crippen LogP contribution in [0, 0.1) is 25.2 Å². The number of sulfone groups is 1. The summed E-state index contributed by atoms with van der Waals surface area (Å²) in [7, 11) is -2.66. The molecule has 4 rings (SSSR count). The van der Waals surface area contributed by atoms with Gasteiger partial charge in [-0.3, -0.25) is 9.20 Å². The highest BCUT2D eigenvalue weighted by Crippen LogP contribution is 2.28. The van der Waals surface area contributed by atoms with Crippen LogP contribution < -0.4 is 15.0 Å². The summed E-state index contributed by atoms with van der Waals surface area (Å²) >= 11 is 0. The highest BCUT2D eigenvalue weighted by Gasteiger charge is 2.24. The average Bonchev–Trinajstić information content (AvgIpc) is 2.85. The maximum atomic E-state index is 13.4. The molecule has 8 nitrogen and oxygen atoms in total. The largest absolute Gasteiger partial charge is 0.497 e. The molecule has 0 aliphatic heterocycles. The Kier molecular flexibility index (Phi) is 6.40. The van der Waals surface area contributed by atoms with Gasteiger partial charge in [-0.15, -0.1) is 0 Å². The van der Waals surface area contributed by atoms with E-state index in [-0.39, 0.29) is 16.3 Å². The number of rotatable bonds is 6. The summed E-state index contributed by atoms with van der Waals surface area (Å²) in [5, 5.41) is 9.74. The fraction of sp³-hybridized carbons (Fsp3) is 0.115. The Hall–Kier alpha value is -4.42. The van der Waals surface area contributed by atoms with Crippen molar-refractivity contribution in [2.75, 3.05) is 7.11 Å². The van der Waals surface area contributed by atoms with Crippen LogP contribution in [-0.4, -0.2) is 24.9 Å². The molecule has 0 saturated carbocycles. The number of hydrogen-bond acceptors (Lipinski definition) is 7. The van der Waals surface area contributed by atoms with Crippen LogP contribution in [-0.2, 0) is 9.84 Å². The van der Waals surface area contributed by atoms with E-state index in [0.29, 0.717) is 22.7 Å². The Morgan fingerprint density at radius 3 is 2.31 bits per heavy atom. The smallest absolute Gasteiger partial charge is 0.269 e. The molecule has 0 radical (unpaired) electrons. The van der Waals surface area contributed by atoms with Gasteiger partial charge in [0, 0.05) is 6.20 Å². The predicted octanol–water partition coefficient (Wildman–Crippen LogP) is 4.45. The highest BCUT2D eigenvalue weighted by atomic mass is 32.2. The fourth-order valence-corrected chi connectivity index (χ4v) is 4.54. The van der Waals surface area contributed by atoms with Gasteiger partial charge >= 0.3 is 0 Å². The Balaban J connectivity index is 1.93. The van der Waals surface area contributed by atoms with E-state index < -0.39 is 20.3 Å². The summed E-state index contributed by atoms with van der Waals surface area (Å²) in [6.07, 6.45) is 2.53. The average molecular weight is 488 g/mol. The lowest BCUT2D eigenvalue weighted by Crippen LogP contribution is -2.20. The van der Waals surface area contributed by atoms with Gasteiger partial charge in [-0.1, -0.05) is 23.8 Å². The van der Waals surface area contributed by atoms with Crippen LogP contribution in [0.5, 0.6) is 17.4 Å². The zero-order valence-electron chi connectivity index (χ0n) is 19.2. The van der Waals surface area contributed by atoms with E-state index in [1.807, 2.05) is 6.92 Å². The van der Waals surface area contributed by atoms with Crippen LogP contribution in [0.4, 0.5) is 0 Å². The molecule has 2 heterocycles. The third-order valence-corrected chi connectivity index (χ3v) is 7.01. The standard InChI is InChI=1S/C26H21N3O5S/c1-17-6-12-21(13-7-17)35(31,32)22(16-27)15-23-25(34-20-10-8-19(33-3)9-11-20)28-24-18(2)5-4-14-29(24)26(23)30/h4-15H,1-3H3. The first kappa shape index (κ1) is 23.7. The summed E-state index contributed by atoms with van der Waals surface area (Å²) in [6, 6.07) is 17.9. The van der Waals surface area contributed by atoms with E-state index >= 15 is 0 Å². The number of allylic oxidation sites excluding steroid dienone is 1. The summed E-state index contributed by atoms with van der Waals surface area (Å²) in [6.45, 7) is 3.61. The molecule has 0 aliphatic rings. The molecular formula is C26H21N3O5S. The molecule has 9 heteroatoms. The van der Waals surface area contributed by atoms with Crippen molar-refractivity contribution in [3.8, 4) is 23.4 Å². The molecule has 35 heavy (non-hydrogen) atoms. The van der Waals surface area contributed by atoms with Crippen LogP contribution in [0.1, 0.15) is 16.7 Å². The first-order valence-electron chi connectivity index (χ1n) is 10.5. The number of methoxy groups -OCH3 is 1.